The second-order valence-corrected chi connectivity index (χ2v) is 5.41. The summed E-state index contributed by atoms with van der Waals surface area (Å²) in [5.41, 5.74) is 2.03. The van der Waals surface area contributed by atoms with E-state index in [1.54, 1.807) is 4.68 Å². The van der Waals surface area contributed by atoms with Gasteiger partial charge in [-0.3, -0.25) is 0 Å². The fourth-order valence-electron chi connectivity index (χ4n) is 1.99. The zero-order chi connectivity index (χ0) is 14.9. The molecule has 0 aliphatic rings. The highest BCUT2D eigenvalue weighted by molar-refractivity contribution is 5.83. The largest absolute Gasteiger partial charge is 0.475 e. The smallest absolute Gasteiger partial charge is 0.375 e. The topological polar surface area (TPSA) is 68.0 Å². The van der Waals surface area contributed by atoms with E-state index in [9.17, 15) is 4.79 Å². The van der Waals surface area contributed by atoms with Crippen molar-refractivity contribution in [3.05, 3.63) is 41.5 Å². The van der Waals surface area contributed by atoms with Crippen LogP contribution in [0, 0.1) is 0 Å². The number of benzene rings is 1. The normalized spacial score (nSPS) is 11.3. The maximum atomic E-state index is 11.1. The predicted octanol–water partition coefficient (Wildman–Crippen LogP) is 3.21. The third kappa shape index (κ3) is 2.71. The van der Waals surface area contributed by atoms with Gasteiger partial charge in [-0.1, -0.05) is 39.8 Å². The van der Waals surface area contributed by atoms with Crippen LogP contribution in [0.3, 0.4) is 0 Å². The van der Waals surface area contributed by atoms with Crippen LogP contribution in [0.1, 0.15) is 61.5 Å². The minimum absolute atomic E-state index is 0.0957. The Morgan fingerprint density at radius 1 is 1.20 bits per heavy atom. The van der Waals surface area contributed by atoms with E-state index in [1.807, 2.05) is 32.0 Å². The second-order valence-electron chi connectivity index (χ2n) is 5.41. The number of aromatic nitrogens is 3. The highest BCUT2D eigenvalue weighted by Gasteiger charge is 2.18. The Balaban J connectivity index is 2.56. The third-order valence-electron chi connectivity index (χ3n) is 3.12. The molecular formula is C15H19N3O2. The van der Waals surface area contributed by atoms with Gasteiger partial charge < -0.3 is 5.11 Å². The van der Waals surface area contributed by atoms with Gasteiger partial charge in [0.25, 0.3) is 5.82 Å². The van der Waals surface area contributed by atoms with E-state index in [1.165, 1.54) is 5.56 Å². The molecule has 0 bridgehead atoms. The van der Waals surface area contributed by atoms with Gasteiger partial charge in [-0.2, -0.15) is 0 Å². The molecule has 0 unspecified atom stereocenters. The summed E-state index contributed by atoms with van der Waals surface area (Å²) in [6, 6.07) is 7.95. The molecular weight excluding hydrogens is 254 g/mol. The Labute approximate surface area is 118 Å². The quantitative estimate of drug-likeness (QED) is 0.928. The fourth-order valence-corrected chi connectivity index (χ4v) is 1.99. The Morgan fingerprint density at radius 3 is 2.45 bits per heavy atom. The van der Waals surface area contributed by atoms with E-state index in [0.29, 0.717) is 11.7 Å². The van der Waals surface area contributed by atoms with Crippen LogP contribution < -0.4 is 0 Å². The molecule has 20 heavy (non-hydrogen) atoms. The molecule has 2 rings (SSSR count). The number of nitrogens with zero attached hydrogens (tertiary/aromatic N) is 3. The fraction of sp³-hybridized carbons (Fsp3) is 0.400. The molecule has 1 heterocycles. The van der Waals surface area contributed by atoms with Gasteiger partial charge in [0.05, 0.1) is 5.69 Å². The Morgan fingerprint density at radius 2 is 1.90 bits per heavy atom. The van der Waals surface area contributed by atoms with Crippen molar-refractivity contribution >= 4 is 5.97 Å². The Bertz CT molecular complexity index is 630. The van der Waals surface area contributed by atoms with Gasteiger partial charge in [0, 0.05) is 5.92 Å². The zero-order valence-electron chi connectivity index (χ0n) is 12.2. The van der Waals surface area contributed by atoms with Crippen LogP contribution in [-0.4, -0.2) is 25.8 Å². The van der Waals surface area contributed by atoms with Gasteiger partial charge in [0.15, 0.2) is 0 Å². The van der Waals surface area contributed by atoms with Gasteiger partial charge in [-0.05, 0) is 23.6 Å². The van der Waals surface area contributed by atoms with E-state index in [2.05, 4.69) is 30.0 Å². The van der Waals surface area contributed by atoms with Gasteiger partial charge in [-0.25, -0.2) is 14.5 Å². The number of carboxylic acids is 1. The lowest BCUT2D eigenvalue weighted by Crippen LogP contribution is -2.05. The van der Waals surface area contributed by atoms with Crippen LogP contribution in [0.15, 0.2) is 24.3 Å². The standard InChI is InChI=1S/C15H19N3O2/c1-9(2)11-6-5-7-12(8-11)18-14(10(3)4)16-13(17-18)15(19)20/h5-10H,1-4H3,(H,19,20). The monoisotopic (exact) mass is 273 g/mol. The molecule has 0 spiro atoms. The van der Waals surface area contributed by atoms with Crippen molar-refractivity contribution in [3.63, 3.8) is 0 Å². The molecule has 0 fully saturated rings. The number of rotatable bonds is 4. The minimum Gasteiger partial charge on any atom is -0.475 e. The molecule has 0 saturated heterocycles. The summed E-state index contributed by atoms with van der Waals surface area (Å²) in [4.78, 5) is 15.2. The lowest BCUT2D eigenvalue weighted by Gasteiger charge is -2.11. The lowest BCUT2D eigenvalue weighted by molar-refractivity contribution is 0.0683. The maximum Gasteiger partial charge on any atom is 0.375 e. The summed E-state index contributed by atoms with van der Waals surface area (Å²) >= 11 is 0. The van der Waals surface area contributed by atoms with Crippen molar-refractivity contribution in [1.29, 1.82) is 0 Å². The molecule has 0 saturated carbocycles. The van der Waals surface area contributed by atoms with Crippen LogP contribution in [0.25, 0.3) is 5.69 Å². The molecule has 5 heteroatoms. The summed E-state index contributed by atoms with van der Waals surface area (Å²) < 4.78 is 1.62. The summed E-state index contributed by atoms with van der Waals surface area (Å²) in [6.45, 7) is 8.18. The molecule has 0 atom stereocenters. The SMILES string of the molecule is CC(C)c1cccc(-n2nc(C(=O)O)nc2C(C)C)c1. The van der Waals surface area contributed by atoms with Crippen molar-refractivity contribution in [2.75, 3.05) is 0 Å². The minimum atomic E-state index is -1.11. The molecule has 5 nitrogen and oxygen atoms in total. The van der Waals surface area contributed by atoms with Crippen LogP contribution in [0.4, 0.5) is 0 Å². The first-order valence-electron chi connectivity index (χ1n) is 6.70. The van der Waals surface area contributed by atoms with Crippen LogP contribution in [-0.2, 0) is 0 Å². The second kappa shape index (κ2) is 5.45. The van der Waals surface area contributed by atoms with Gasteiger partial charge in [0.2, 0.25) is 0 Å². The molecule has 0 radical (unpaired) electrons. The lowest BCUT2D eigenvalue weighted by atomic mass is 10.0. The first kappa shape index (κ1) is 14.2. The molecule has 1 aromatic carbocycles. The summed E-state index contributed by atoms with van der Waals surface area (Å²) in [5.74, 6) is -0.115. The highest BCUT2D eigenvalue weighted by atomic mass is 16.4. The maximum absolute atomic E-state index is 11.1. The molecule has 106 valence electrons. The van der Waals surface area contributed by atoms with Crippen molar-refractivity contribution < 1.29 is 9.90 Å². The van der Waals surface area contributed by atoms with Crippen LogP contribution >= 0.6 is 0 Å². The first-order valence-corrected chi connectivity index (χ1v) is 6.70. The van der Waals surface area contributed by atoms with Crippen molar-refractivity contribution in [3.8, 4) is 5.69 Å². The molecule has 0 aliphatic carbocycles. The molecule has 1 aromatic heterocycles. The van der Waals surface area contributed by atoms with E-state index < -0.39 is 5.97 Å². The number of carbonyl (C=O) groups is 1. The first-order chi connectivity index (χ1) is 9.40. The summed E-state index contributed by atoms with van der Waals surface area (Å²) in [6.07, 6.45) is 0. The Hall–Kier alpha value is -2.17. The summed E-state index contributed by atoms with van der Waals surface area (Å²) in [7, 11) is 0. The van der Waals surface area contributed by atoms with Crippen molar-refractivity contribution in [1.82, 2.24) is 14.8 Å². The van der Waals surface area contributed by atoms with E-state index in [0.717, 1.165) is 5.69 Å². The van der Waals surface area contributed by atoms with Crippen molar-refractivity contribution in [2.45, 2.75) is 39.5 Å². The highest BCUT2D eigenvalue weighted by Crippen LogP contribution is 2.21. The number of hydrogen-bond acceptors (Lipinski definition) is 3. The van der Waals surface area contributed by atoms with Gasteiger partial charge in [-0.15, -0.1) is 5.10 Å². The molecule has 2 aromatic rings. The molecule has 0 amide bonds. The molecule has 0 aliphatic heterocycles. The predicted molar refractivity (Wildman–Crippen MR) is 76.5 cm³/mol. The van der Waals surface area contributed by atoms with Crippen LogP contribution in [0.5, 0.6) is 0 Å². The van der Waals surface area contributed by atoms with Crippen LogP contribution in [0.2, 0.25) is 0 Å². The van der Waals surface area contributed by atoms with E-state index >= 15 is 0 Å². The van der Waals surface area contributed by atoms with Crippen molar-refractivity contribution in [2.24, 2.45) is 0 Å². The average molecular weight is 273 g/mol. The molecule has 1 N–H and O–H groups in total. The van der Waals surface area contributed by atoms with E-state index in [-0.39, 0.29) is 11.7 Å². The number of hydrogen-bond donors (Lipinski definition) is 1. The Kier molecular flexibility index (Phi) is 3.88. The summed E-state index contributed by atoms with van der Waals surface area (Å²) in [5, 5.41) is 13.2. The van der Waals surface area contributed by atoms with E-state index in [4.69, 9.17) is 5.11 Å². The zero-order valence-corrected chi connectivity index (χ0v) is 12.2. The average Bonchev–Trinajstić information content (AvgIpc) is 2.84. The number of aromatic carboxylic acids is 1. The number of carboxylic acid groups (broad SMARTS) is 1. The third-order valence-corrected chi connectivity index (χ3v) is 3.12. The van der Waals surface area contributed by atoms with Gasteiger partial charge in [0.1, 0.15) is 5.82 Å². The van der Waals surface area contributed by atoms with Gasteiger partial charge >= 0.3 is 5.97 Å².